The average Bonchev–Trinajstić information content (AvgIpc) is 3.16. The molecule has 0 aliphatic carbocycles. The van der Waals surface area contributed by atoms with E-state index < -0.39 is 0 Å². The minimum absolute atomic E-state index is 0.917. The van der Waals surface area contributed by atoms with Gasteiger partial charge in [-0.2, -0.15) is 0 Å². The molecule has 1 aromatic carbocycles. The summed E-state index contributed by atoms with van der Waals surface area (Å²) in [5.74, 6) is 0.917. The number of unbranched alkanes of at least 4 members (excludes halogenated alkanes) is 1. The highest BCUT2D eigenvalue weighted by molar-refractivity contribution is 5.67. The maximum Gasteiger partial charge on any atom is 0.118 e. The Kier molecular flexibility index (Phi) is 9.93. The summed E-state index contributed by atoms with van der Waals surface area (Å²) in [5.41, 5.74) is 6.03. The van der Waals surface area contributed by atoms with Crippen molar-refractivity contribution in [2.24, 2.45) is 0 Å². The van der Waals surface area contributed by atoms with Crippen LogP contribution in [0.1, 0.15) is 50.4 Å². The summed E-state index contributed by atoms with van der Waals surface area (Å²) in [4.78, 5) is 3.38. The standard InChI is InChI=1S/C22H27NO.C2H6/c1-5-17(2)14-18(3)20-15-21(23-16-20)9-7-6-8-19-10-12-22(24-4)13-11-19;1-2/h5,10-16,23H,1-2,6-9H2,3-4H3;1-2H3/b18-14+;. The molecule has 0 saturated heterocycles. The predicted molar refractivity (Wildman–Crippen MR) is 115 cm³/mol. The zero-order valence-electron chi connectivity index (χ0n) is 16.8. The number of allylic oxidation sites excluding steroid dienone is 4. The Balaban J connectivity index is 0.00000163. The van der Waals surface area contributed by atoms with Gasteiger partial charge in [0.25, 0.3) is 0 Å². The lowest BCUT2D eigenvalue weighted by Gasteiger charge is -2.03. The van der Waals surface area contributed by atoms with Crippen LogP contribution in [-0.4, -0.2) is 12.1 Å². The molecule has 1 aromatic heterocycles. The molecule has 0 amide bonds. The minimum atomic E-state index is 0.917. The summed E-state index contributed by atoms with van der Waals surface area (Å²) in [6.45, 7) is 13.8. The van der Waals surface area contributed by atoms with E-state index >= 15 is 0 Å². The zero-order valence-corrected chi connectivity index (χ0v) is 16.8. The topological polar surface area (TPSA) is 25.0 Å². The molecule has 0 bridgehead atoms. The molecule has 2 heteroatoms. The number of benzene rings is 1. The van der Waals surface area contributed by atoms with Crippen molar-refractivity contribution in [3.05, 3.63) is 84.2 Å². The van der Waals surface area contributed by atoms with Gasteiger partial charge < -0.3 is 9.72 Å². The van der Waals surface area contributed by atoms with Crippen molar-refractivity contribution >= 4 is 5.57 Å². The van der Waals surface area contributed by atoms with E-state index in [-0.39, 0.29) is 0 Å². The summed E-state index contributed by atoms with van der Waals surface area (Å²) in [6, 6.07) is 10.6. The first kappa shape index (κ1) is 21.6. The molecule has 0 saturated carbocycles. The molecule has 2 aromatic rings. The minimum Gasteiger partial charge on any atom is -0.497 e. The van der Waals surface area contributed by atoms with Crippen LogP contribution >= 0.6 is 0 Å². The molecule has 0 spiro atoms. The summed E-state index contributed by atoms with van der Waals surface area (Å²) < 4.78 is 5.19. The van der Waals surface area contributed by atoms with E-state index in [0.717, 1.165) is 24.2 Å². The van der Waals surface area contributed by atoms with Gasteiger partial charge in [-0.05, 0) is 73.1 Å². The molecule has 0 aliphatic rings. The molecule has 1 N–H and O–H groups in total. The maximum atomic E-state index is 5.19. The first-order valence-electron chi connectivity index (χ1n) is 9.42. The average molecular weight is 352 g/mol. The number of aryl methyl sites for hydroxylation is 2. The van der Waals surface area contributed by atoms with E-state index in [1.54, 1.807) is 13.2 Å². The number of methoxy groups -OCH3 is 1. The lowest BCUT2D eigenvalue weighted by atomic mass is 10.0. The van der Waals surface area contributed by atoms with Crippen molar-refractivity contribution in [1.29, 1.82) is 0 Å². The van der Waals surface area contributed by atoms with Gasteiger partial charge in [-0.1, -0.05) is 51.3 Å². The number of hydrogen-bond donors (Lipinski definition) is 1. The van der Waals surface area contributed by atoms with E-state index in [0.29, 0.717) is 0 Å². The van der Waals surface area contributed by atoms with Crippen LogP contribution in [0.4, 0.5) is 0 Å². The van der Waals surface area contributed by atoms with Crippen molar-refractivity contribution in [3.8, 4) is 5.75 Å². The second-order valence-corrected chi connectivity index (χ2v) is 6.08. The van der Waals surface area contributed by atoms with Crippen molar-refractivity contribution in [2.75, 3.05) is 7.11 Å². The molecule has 2 nitrogen and oxygen atoms in total. The molecule has 1 heterocycles. The van der Waals surface area contributed by atoms with E-state index in [1.807, 2.05) is 26.0 Å². The zero-order chi connectivity index (χ0) is 19.4. The maximum absolute atomic E-state index is 5.19. The van der Waals surface area contributed by atoms with Gasteiger partial charge in [-0.15, -0.1) is 0 Å². The Morgan fingerprint density at radius 2 is 1.77 bits per heavy atom. The summed E-state index contributed by atoms with van der Waals surface area (Å²) >= 11 is 0. The normalized spacial score (nSPS) is 10.7. The molecule has 0 aliphatic heterocycles. The van der Waals surface area contributed by atoms with E-state index in [2.05, 4.69) is 55.5 Å². The number of rotatable bonds is 9. The van der Waals surface area contributed by atoms with Crippen LogP contribution < -0.4 is 4.74 Å². The van der Waals surface area contributed by atoms with Crippen LogP contribution in [0, 0.1) is 0 Å². The van der Waals surface area contributed by atoms with Crippen molar-refractivity contribution in [1.82, 2.24) is 4.98 Å². The van der Waals surface area contributed by atoms with Crippen molar-refractivity contribution in [3.63, 3.8) is 0 Å². The second kappa shape index (κ2) is 12.0. The van der Waals surface area contributed by atoms with Gasteiger partial charge in [-0.3, -0.25) is 0 Å². The lowest BCUT2D eigenvalue weighted by Crippen LogP contribution is -1.90. The van der Waals surface area contributed by atoms with Gasteiger partial charge in [0, 0.05) is 11.9 Å². The Hall–Kier alpha value is -2.48. The molecule has 26 heavy (non-hydrogen) atoms. The summed E-state index contributed by atoms with van der Waals surface area (Å²) in [6.07, 6.45) is 10.4. The van der Waals surface area contributed by atoms with Gasteiger partial charge in [0.15, 0.2) is 0 Å². The van der Waals surface area contributed by atoms with Gasteiger partial charge >= 0.3 is 0 Å². The molecule has 0 atom stereocenters. The molecule has 0 fully saturated rings. The summed E-state index contributed by atoms with van der Waals surface area (Å²) in [7, 11) is 1.70. The van der Waals surface area contributed by atoms with Crippen molar-refractivity contribution < 1.29 is 4.74 Å². The number of H-pyrrole nitrogens is 1. The molecular weight excluding hydrogens is 318 g/mol. The molecule has 0 radical (unpaired) electrons. The first-order chi connectivity index (χ1) is 12.6. The van der Waals surface area contributed by atoms with Gasteiger partial charge in [0.2, 0.25) is 0 Å². The number of hydrogen-bond acceptors (Lipinski definition) is 1. The highest BCUT2D eigenvalue weighted by Crippen LogP contribution is 2.19. The van der Waals surface area contributed by atoms with Gasteiger partial charge in [-0.25, -0.2) is 0 Å². The third-order valence-electron chi connectivity index (χ3n) is 4.18. The van der Waals surface area contributed by atoms with Crippen LogP contribution in [0.2, 0.25) is 0 Å². The second-order valence-electron chi connectivity index (χ2n) is 6.08. The third kappa shape index (κ3) is 7.18. The Bertz CT molecular complexity index is 704. The molecular formula is C24H33NO. The Morgan fingerprint density at radius 1 is 1.12 bits per heavy atom. The van der Waals surface area contributed by atoms with Crippen LogP contribution in [0.25, 0.3) is 5.57 Å². The quantitative estimate of drug-likeness (QED) is 0.392. The molecule has 2 rings (SSSR count). The van der Waals surface area contributed by atoms with Crippen LogP contribution in [0.3, 0.4) is 0 Å². The largest absolute Gasteiger partial charge is 0.497 e. The van der Waals surface area contributed by atoms with Crippen molar-refractivity contribution in [2.45, 2.75) is 46.5 Å². The van der Waals surface area contributed by atoms with Gasteiger partial charge in [0.1, 0.15) is 5.75 Å². The highest BCUT2D eigenvalue weighted by Gasteiger charge is 2.02. The van der Waals surface area contributed by atoms with Gasteiger partial charge in [0.05, 0.1) is 7.11 Å². The monoisotopic (exact) mass is 351 g/mol. The van der Waals surface area contributed by atoms with E-state index in [1.165, 1.54) is 35.2 Å². The SMILES string of the molecule is C=CC(=C)/C=C(\C)c1c[nH]c(CCCCc2ccc(OC)cc2)c1.CC. The number of aromatic nitrogens is 1. The van der Waals surface area contributed by atoms with Crippen LogP contribution in [-0.2, 0) is 12.8 Å². The first-order valence-corrected chi connectivity index (χ1v) is 9.42. The fourth-order valence-corrected chi connectivity index (χ4v) is 2.67. The number of aromatic amines is 1. The van der Waals surface area contributed by atoms with E-state index in [4.69, 9.17) is 4.74 Å². The third-order valence-corrected chi connectivity index (χ3v) is 4.18. The smallest absolute Gasteiger partial charge is 0.118 e. The number of nitrogens with one attached hydrogen (secondary N) is 1. The predicted octanol–water partition coefficient (Wildman–Crippen LogP) is 6.76. The molecule has 0 unspecified atom stereocenters. The lowest BCUT2D eigenvalue weighted by molar-refractivity contribution is 0.414. The van der Waals surface area contributed by atoms with Crippen LogP contribution in [0.5, 0.6) is 5.75 Å². The summed E-state index contributed by atoms with van der Waals surface area (Å²) in [5, 5.41) is 0. The Labute approximate surface area is 159 Å². The fourth-order valence-electron chi connectivity index (χ4n) is 2.67. The number of ether oxygens (including phenoxy) is 1. The van der Waals surface area contributed by atoms with Crippen LogP contribution in [0.15, 0.2) is 67.4 Å². The Morgan fingerprint density at radius 3 is 2.38 bits per heavy atom. The fraction of sp³-hybridized carbons (Fsp3) is 0.333. The van der Waals surface area contributed by atoms with E-state index in [9.17, 15) is 0 Å². The molecule has 140 valence electrons. The highest BCUT2D eigenvalue weighted by atomic mass is 16.5.